The molecule has 2 aliphatic rings. The van der Waals surface area contributed by atoms with E-state index in [0.717, 1.165) is 44.7 Å². The van der Waals surface area contributed by atoms with E-state index in [2.05, 4.69) is 26.7 Å². The lowest BCUT2D eigenvalue weighted by atomic mass is 9.79. The molecule has 29 heavy (non-hydrogen) atoms. The Morgan fingerprint density at radius 1 is 1.14 bits per heavy atom. The predicted molar refractivity (Wildman–Crippen MR) is 108 cm³/mol. The maximum Gasteiger partial charge on any atom is 0.290 e. The van der Waals surface area contributed by atoms with E-state index in [4.69, 9.17) is 19.8 Å². The van der Waals surface area contributed by atoms with E-state index in [0.29, 0.717) is 6.54 Å². The summed E-state index contributed by atoms with van der Waals surface area (Å²) in [6, 6.07) is 0. The van der Waals surface area contributed by atoms with E-state index in [1.807, 2.05) is 12.4 Å². The van der Waals surface area contributed by atoms with Gasteiger partial charge in [-0.3, -0.25) is 19.3 Å². The van der Waals surface area contributed by atoms with Gasteiger partial charge in [-0.1, -0.05) is 26.2 Å². The van der Waals surface area contributed by atoms with Crippen LogP contribution in [0, 0.1) is 0 Å². The molecule has 0 radical (unpaired) electrons. The Balaban J connectivity index is 0.000000626. The second kappa shape index (κ2) is 13.7. The summed E-state index contributed by atoms with van der Waals surface area (Å²) >= 11 is 0. The third-order valence-corrected chi connectivity index (χ3v) is 5.49. The van der Waals surface area contributed by atoms with Gasteiger partial charge in [-0.25, -0.2) is 4.98 Å². The molecule has 0 unspecified atom stereocenters. The summed E-state index contributed by atoms with van der Waals surface area (Å²) in [5.74, 6) is 1.19. The molecule has 0 bridgehead atoms. The topological polar surface area (TPSA) is 125 Å². The van der Waals surface area contributed by atoms with Gasteiger partial charge in [-0.2, -0.15) is 0 Å². The first-order chi connectivity index (χ1) is 14.1. The number of likely N-dealkylation sites (tertiary alicyclic amines) is 1. The molecule has 9 heteroatoms. The number of aromatic nitrogens is 2. The van der Waals surface area contributed by atoms with Gasteiger partial charge < -0.3 is 20.1 Å². The van der Waals surface area contributed by atoms with Crippen molar-refractivity contribution in [3.8, 4) is 0 Å². The van der Waals surface area contributed by atoms with E-state index in [1.54, 1.807) is 0 Å². The maximum absolute atomic E-state index is 13.1. The highest BCUT2D eigenvalue weighted by Gasteiger charge is 2.45. The standard InChI is InChI=1S/C18H30N4O.2CH2O2/c1-2-11-21-14-10-19-16(21)15-20-17(23)18(8-4-3-5-9-18)22-12-6-7-13-22;2*2-1-3/h10,14H,2-9,11-13,15H2,1H3,(H,20,23);2*1H,(H,2,3). The zero-order valence-corrected chi connectivity index (χ0v) is 17.3. The molecule has 1 aromatic heterocycles. The summed E-state index contributed by atoms with van der Waals surface area (Å²) < 4.78 is 2.14. The molecule has 0 aromatic carbocycles. The van der Waals surface area contributed by atoms with Crippen LogP contribution >= 0.6 is 0 Å². The largest absolute Gasteiger partial charge is 0.483 e. The predicted octanol–water partition coefficient (Wildman–Crippen LogP) is 2.11. The fourth-order valence-electron chi connectivity index (χ4n) is 4.24. The SMILES string of the molecule is CCCn1ccnc1CNC(=O)C1(N2CCCC2)CCCCC1.O=CO.O=CO. The number of carbonyl (C=O) groups is 3. The molecule has 1 saturated heterocycles. The molecule has 1 aliphatic carbocycles. The molecule has 164 valence electrons. The van der Waals surface area contributed by atoms with Crippen LogP contribution in [0.2, 0.25) is 0 Å². The highest BCUT2D eigenvalue weighted by molar-refractivity contribution is 5.86. The number of nitrogens with zero attached hydrogens (tertiary/aromatic N) is 3. The molecule has 0 atom stereocenters. The van der Waals surface area contributed by atoms with Gasteiger partial charge in [-0.05, 0) is 45.2 Å². The first-order valence-corrected chi connectivity index (χ1v) is 10.3. The fourth-order valence-corrected chi connectivity index (χ4v) is 4.24. The number of rotatable bonds is 6. The van der Waals surface area contributed by atoms with Crippen molar-refractivity contribution in [1.29, 1.82) is 0 Å². The minimum absolute atomic E-state index is 0.227. The number of imidazole rings is 1. The Morgan fingerprint density at radius 3 is 2.28 bits per heavy atom. The van der Waals surface area contributed by atoms with Crippen molar-refractivity contribution in [2.45, 2.75) is 76.9 Å². The molecule has 1 aliphatic heterocycles. The first kappa shape index (κ1) is 24.6. The first-order valence-electron chi connectivity index (χ1n) is 10.3. The van der Waals surface area contributed by atoms with Crippen molar-refractivity contribution < 1.29 is 24.6 Å². The van der Waals surface area contributed by atoms with Crippen molar-refractivity contribution in [2.24, 2.45) is 0 Å². The number of carbonyl (C=O) groups excluding carboxylic acids is 1. The molecule has 1 amide bonds. The average molecular weight is 411 g/mol. The summed E-state index contributed by atoms with van der Waals surface area (Å²) in [6.45, 7) is 5.33. The molecule has 1 saturated carbocycles. The van der Waals surface area contributed by atoms with Crippen LogP contribution < -0.4 is 5.32 Å². The van der Waals surface area contributed by atoms with Crippen molar-refractivity contribution in [3.05, 3.63) is 18.2 Å². The molecule has 1 aromatic rings. The number of carboxylic acid groups (broad SMARTS) is 2. The van der Waals surface area contributed by atoms with E-state index in [1.165, 1.54) is 32.1 Å². The molecular weight excluding hydrogens is 376 g/mol. The minimum Gasteiger partial charge on any atom is -0.483 e. The van der Waals surface area contributed by atoms with Crippen molar-refractivity contribution >= 4 is 18.9 Å². The van der Waals surface area contributed by atoms with Gasteiger partial charge in [0.25, 0.3) is 12.9 Å². The summed E-state index contributed by atoms with van der Waals surface area (Å²) in [5.41, 5.74) is -0.253. The van der Waals surface area contributed by atoms with Gasteiger partial charge in [0.1, 0.15) is 11.4 Å². The smallest absolute Gasteiger partial charge is 0.290 e. The average Bonchev–Trinajstić information content (AvgIpc) is 3.41. The number of hydrogen-bond acceptors (Lipinski definition) is 5. The van der Waals surface area contributed by atoms with Crippen molar-refractivity contribution in [3.63, 3.8) is 0 Å². The quantitative estimate of drug-likeness (QED) is 0.613. The molecule has 3 N–H and O–H groups in total. The van der Waals surface area contributed by atoms with Crippen LogP contribution in [0.15, 0.2) is 12.4 Å². The zero-order valence-electron chi connectivity index (χ0n) is 17.3. The van der Waals surface area contributed by atoms with Crippen LogP contribution in [0.5, 0.6) is 0 Å². The van der Waals surface area contributed by atoms with Gasteiger partial charge in [0.05, 0.1) is 6.54 Å². The van der Waals surface area contributed by atoms with Gasteiger partial charge in [0.2, 0.25) is 5.91 Å². The Kier molecular flexibility index (Phi) is 11.6. The summed E-state index contributed by atoms with van der Waals surface area (Å²) in [5, 5.41) is 17.0. The monoisotopic (exact) mass is 410 g/mol. The van der Waals surface area contributed by atoms with Gasteiger partial charge >= 0.3 is 0 Å². The second-order valence-corrected chi connectivity index (χ2v) is 7.22. The summed E-state index contributed by atoms with van der Waals surface area (Å²) in [6.07, 6.45) is 13.0. The van der Waals surface area contributed by atoms with Crippen LogP contribution in [0.25, 0.3) is 0 Å². The minimum atomic E-state index is -0.253. The Bertz CT molecular complexity index is 602. The fraction of sp³-hybridized carbons (Fsp3) is 0.700. The number of aryl methyl sites for hydroxylation is 1. The molecule has 2 heterocycles. The van der Waals surface area contributed by atoms with Crippen LogP contribution in [0.1, 0.15) is 64.1 Å². The normalized spacial score (nSPS) is 17.8. The van der Waals surface area contributed by atoms with Crippen LogP contribution in [0.4, 0.5) is 0 Å². The van der Waals surface area contributed by atoms with Crippen LogP contribution in [-0.2, 0) is 27.5 Å². The van der Waals surface area contributed by atoms with E-state index >= 15 is 0 Å². The molecular formula is C20H34N4O5. The van der Waals surface area contributed by atoms with Crippen molar-refractivity contribution in [1.82, 2.24) is 19.8 Å². The molecule has 0 spiro atoms. The van der Waals surface area contributed by atoms with E-state index in [-0.39, 0.29) is 24.4 Å². The number of nitrogens with one attached hydrogen (secondary N) is 1. The van der Waals surface area contributed by atoms with Gasteiger partial charge in [-0.15, -0.1) is 0 Å². The van der Waals surface area contributed by atoms with Gasteiger partial charge in [0, 0.05) is 18.9 Å². The lowest BCUT2D eigenvalue weighted by molar-refractivity contribution is -0.135. The highest BCUT2D eigenvalue weighted by Crippen LogP contribution is 2.36. The number of hydrogen-bond donors (Lipinski definition) is 3. The Labute approximate surface area is 172 Å². The molecule has 3 rings (SSSR count). The third kappa shape index (κ3) is 7.16. The lowest BCUT2D eigenvalue weighted by Gasteiger charge is -2.43. The third-order valence-electron chi connectivity index (χ3n) is 5.49. The van der Waals surface area contributed by atoms with E-state index < -0.39 is 0 Å². The van der Waals surface area contributed by atoms with E-state index in [9.17, 15) is 4.79 Å². The molecule has 9 nitrogen and oxygen atoms in total. The lowest BCUT2D eigenvalue weighted by Crippen LogP contribution is -2.58. The summed E-state index contributed by atoms with van der Waals surface area (Å²) in [7, 11) is 0. The molecule has 2 fully saturated rings. The van der Waals surface area contributed by atoms with Crippen LogP contribution in [0.3, 0.4) is 0 Å². The van der Waals surface area contributed by atoms with Crippen LogP contribution in [-0.4, -0.2) is 62.1 Å². The summed E-state index contributed by atoms with van der Waals surface area (Å²) in [4.78, 5) is 36.7. The Morgan fingerprint density at radius 2 is 1.72 bits per heavy atom. The zero-order chi connectivity index (χ0) is 21.5. The maximum atomic E-state index is 13.1. The Hall–Kier alpha value is -2.42. The second-order valence-electron chi connectivity index (χ2n) is 7.22. The highest BCUT2D eigenvalue weighted by atomic mass is 16.3. The number of amides is 1. The van der Waals surface area contributed by atoms with Crippen molar-refractivity contribution in [2.75, 3.05) is 13.1 Å². The van der Waals surface area contributed by atoms with Gasteiger partial charge in [0.15, 0.2) is 0 Å².